The molecule has 1 saturated heterocycles. The molecule has 1 aliphatic rings. The molecule has 18 heavy (non-hydrogen) atoms. The molecule has 1 fully saturated rings. The number of epoxide rings is 1. The summed E-state index contributed by atoms with van der Waals surface area (Å²) >= 11 is 0. The molecule has 1 aromatic rings. The van der Waals surface area contributed by atoms with E-state index in [9.17, 15) is 0 Å². The van der Waals surface area contributed by atoms with Crippen molar-refractivity contribution in [2.45, 2.75) is 38.0 Å². The third kappa shape index (κ3) is 2.90. The van der Waals surface area contributed by atoms with Crippen LogP contribution in [-0.4, -0.2) is 30.2 Å². The fourth-order valence-electron chi connectivity index (χ4n) is 2.34. The quantitative estimate of drug-likeness (QED) is 0.722. The molecule has 3 nitrogen and oxygen atoms in total. The van der Waals surface area contributed by atoms with Gasteiger partial charge < -0.3 is 9.64 Å². The van der Waals surface area contributed by atoms with Gasteiger partial charge in [0.1, 0.15) is 12.2 Å². The second-order valence-electron chi connectivity index (χ2n) is 4.99. The molecule has 0 aliphatic carbocycles. The molecule has 0 saturated carbocycles. The van der Waals surface area contributed by atoms with Gasteiger partial charge in [0.2, 0.25) is 0 Å². The van der Waals surface area contributed by atoms with Crippen LogP contribution in [0.1, 0.15) is 25.3 Å². The van der Waals surface area contributed by atoms with Gasteiger partial charge >= 0.3 is 0 Å². The molecule has 0 bridgehead atoms. The van der Waals surface area contributed by atoms with Gasteiger partial charge in [-0.3, -0.25) is 0 Å². The fraction of sp³-hybridized carbons (Fsp3) is 0.533. The van der Waals surface area contributed by atoms with Gasteiger partial charge in [-0.15, -0.1) is 0 Å². The van der Waals surface area contributed by atoms with Gasteiger partial charge in [-0.25, -0.2) is 0 Å². The first-order chi connectivity index (χ1) is 8.70. The van der Waals surface area contributed by atoms with Crippen molar-refractivity contribution in [3.05, 3.63) is 35.9 Å². The number of benzene rings is 1. The van der Waals surface area contributed by atoms with Gasteiger partial charge in [0.05, 0.1) is 0 Å². The van der Waals surface area contributed by atoms with Crippen molar-refractivity contribution in [2.24, 2.45) is 0 Å². The van der Waals surface area contributed by atoms with Crippen LogP contribution in [0.2, 0.25) is 0 Å². The van der Waals surface area contributed by atoms with Gasteiger partial charge in [-0.1, -0.05) is 37.3 Å². The number of nitriles is 1. The van der Waals surface area contributed by atoms with E-state index in [1.54, 1.807) is 0 Å². The molecular weight excluding hydrogens is 224 g/mol. The van der Waals surface area contributed by atoms with Crippen LogP contribution in [-0.2, 0) is 11.3 Å². The van der Waals surface area contributed by atoms with E-state index < -0.39 is 5.60 Å². The summed E-state index contributed by atoms with van der Waals surface area (Å²) in [5.74, 6) is 0. The normalized spacial score (nSPS) is 26.0. The number of hydrogen-bond acceptors (Lipinski definition) is 3. The second-order valence-corrected chi connectivity index (χ2v) is 4.99. The summed E-state index contributed by atoms with van der Waals surface area (Å²) in [6, 6.07) is 12.7. The van der Waals surface area contributed by atoms with Crippen molar-refractivity contribution in [2.75, 3.05) is 13.6 Å². The first kappa shape index (κ1) is 13.1. The highest BCUT2D eigenvalue weighted by molar-refractivity contribution is 5.18. The zero-order valence-corrected chi connectivity index (χ0v) is 11.1. The SMILES string of the molecule is CC[C@@H]1O[C@@]1(C#N)CCN(C)Cc1ccccc1. The van der Waals surface area contributed by atoms with E-state index in [2.05, 4.69) is 49.2 Å². The minimum absolute atomic E-state index is 0.146. The van der Waals surface area contributed by atoms with Crippen LogP contribution in [0.3, 0.4) is 0 Å². The van der Waals surface area contributed by atoms with E-state index in [1.165, 1.54) is 5.56 Å². The lowest BCUT2D eigenvalue weighted by atomic mass is 10.0. The van der Waals surface area contributed by atoms with Gasteiger partial charge in [-0.2, -0.15) is 5.26 Å². The van der Waals surface area contributed by atoms with Crippen LogP contribution < -0.4 is 0 Å². The molecule has 0 radical (unpaired) electrons. The Morgan fingerprint density at radius 2 is 2.11 bits per heavy atom. The molecule has 0 unspecified atom stereocenters. The zero-order chi connectivity index (χ0) is 13.0. The van der Waals surface area contributed by atoms with Crippen LogP contribution in [0, 0.1) is 11.3 Å². The first-order valence-electron chi connectivity index (χ1n) is 6.51. The Kier molecular flexibility index (Phi) is 4.00. The monoisotopic (exact) mass is 244 g/mol. The highest BCUT2D eigenvalue weighted by Crippen LogP contribution is 2.41. The Hall–Kier alpha value is -1.37. The van der Waals surface area contributed by atoms with Crippen LogP contribution in [0.25, 0.3) is 0 Å². The van der Waals surface area contributed by atoms with E-state index >= 15 is 0 Å². The molecule has 1 aliphatic heterocycles. The number of nitrogens with zero attached hydrogens (tertiary/aromatic N) is 2. The van der Waals surface area contributed by atoms with Gasteiger partial charge in [0, 0.05) is 19.5 Å². The lowest BCUT2D eigenvalue weighted by molar-refractivity contribution is 0.267. The molecule has 1 heterocycles. The van der Waals surface area contributed by atoms with Crippen molar-refractivity contribution in [3.8, 4) is 6.07 Å². The Balaban J connectivity index is 1.79. The summed E-state index contributed by atoms with van der Waals surface area (Å²) < 4.78 is 5.52. The van der Waals surface area contributed by atoms with Crippen LogP contribution >= 0.6 is 0 Å². The molecular formula is C15H20N2O. The maximum absolute atomic E-state index is 9.17. The van der Waals surface area contributed by atoms with E-state index in [1.807, 2.05) is 6.07 Å². The van der Waals surface area contributed by atoms with Crippen LogP contribution in [0.5, 0.6) is 0 Å². The van der Waals surface area contributed by atoms with Gasteiger partial charge in [-0.05, 0) is 19.0 Å². The molecule has 0 amide bonds. The zero-order valence-electron chi connectivity index (χ0n) is 11.1. The highest BCUT2D eigenvalue weighted by Gasteiger charge is 2.55. The van der Waals surface area contributed by atoms with Crippen molar-refractivity contribution < 1.29 is 4.74 Å². The molecule has 0 aromatic heterocycles. The average Bonchev–Trinajstić information content (AvgIpc) is 3.12. The van der Waals surface area contributed by atoms with Crippen LogP contribution in [0.15, 0.2) is 30.3 Å². The lowest BCUT2D eigenvalue weighted by Crippen LogP contribution is -2.25. The van der Waals surface area contributed by atoms with E-state index in [-0.39, 0.29) is 6.10 Å². The highest BCUT2D eigenvalue weighted by atomic mass is 16.6. The average molecular weight is 244 g/mol. The third-order valence-corrected chi connectivity index (χ3v) is 3.54. The predicted octanol–water partition coefficient (Wildman–Crippen LogP) is 2.58. The summed E-state index contributed by atoms with van der Waals surface area (Å²) in [6.07, 6.45) is 1.87. The first-order valence-corrected chi connectivity index (χ1v) is 6.51. The largest absolute Gasteiger partial charge is 0.350 e. The summed E-state index contributed by atoms with van der Waals surface area (Å²) in [6.45, 7) is 3.87. The molecule has 1 aromatic carbocycles. The van der Waals surface area contributed by atoms with E-state index in [0.717, 1.165) is 25.9 Å². The molecule has 2 rings (SSSR count). The number of ether oxygens (including phenoxy) is 1. The predicted molar refractivity (Wildman–Crippen MR) is 70.9 cm³/mol. The van der Waals surface area contributed by atoms with Crippen LogP contribution in [0.4, 0.5) is 0 Å². The van der Waals surface area contributed by atoms with Crippen molar-refractivity contribution in [3.63, 3.8) is 0 Å². The molecule has 3 heteroatoms. The summed E-state index contributed by atoms with van der Waals surface area (Å²) in [7, 11) is 2.08. The number of hydrogen-bond donors (Lipinski definition) is 0. The lowest BCUT2D eigenvalue weighted by Gasteiger charge is -2.17. The molecule has 2 atom stereocenters. The van der Waals surface area contributed by atoms with Crippen molar-refractivity contribution >= 4 is 0 Å². The van der Waals surface area contributed by atoms with E-state index in [4.69, 9.17) is 10.00 Å². The topological polar surface area (TPSA) is 39.6 Å². The maximum atomic E-state index is 9.17. The molecule has 0 N–H and O–H groups in total. The third-order valence-electron chi connectivity index (χ3n) is 3.54. The standard InChI is InChI=1S/C15H20N2O/c1-3-14-15(12-16,18-14)9-10-17(2)11-13-7-5-4-6-8-13/h4-8,14H,3,9-11H2,1-2H3/t14-,15+/m0/s1. The minimum atomic E-state index is -0.500. The second kappa shape index (κ2) is 5.51. The van der Waals surface area contributed by atoms with Crippen molar-refractivity contribution in [1.29, 1.82) is 5.26 Å². The fourth-order valence-corrected chi connectivity index (χ4v) is 2.34. The summed E-state index contributed by atoms with van der Waals surface area (Å²) in [4.78, 5) is 2.24. The summed E-state index contributed by atoms with van der Waals surface area (Å²) in [5, 5.41) is 9.17. The Labute approximate surface area is 109 Å². The van der Waals surface area contributed by atoms with Gasteiger partial charge in [0.25, 0.3) is 0 Å². The maximum Gasteiger partial charge on any atom is 0.181 e. The smallest absolute Gasteiger partial charge is 0.181 e. The molecule has 96 valence electrons. The molecule has 0 spiro atoms. The summed E-state index contributed by atoms with van der Waals surface area (Å²) in [5.41, 5.74) is 0.800. The number of rotatable bonds is 6. The van der Waals surface area contributed by atoms with Crippen molar-refractivity contribution in [1.82, 2.24) is 4.90 Å². The Morgan fingerprint density at radius 3 is 2.67 bits per heavy atom. The Morgan fingerprint density at radius 1 is 1.39 bits per heavy atom. The van der Waals surface area contributed by atoms with Gasteiger partial charge in [0.15, 0.2) is 5.60 Å². The Bertz CT molecular complexity index is 426. The minimum Gasteiger partial charge on any atom is -0.350 e. The van der Waals surface area contributed by atoms with E-state index in [0.29, 0.717) is 0 Å².